The van der Waals surface area contributed by atoms with Crippen molar-refractivity contribution in [1.29, 1.82) is 0 Å². The molecule has 1 unspecified atom stereocenters. The lowest BCUT2D eigenvalue weighted by molar-refractivity contribution is 0.0600. The smallest absolute Gasteiger partial charge is 0.339 e. The predicted molar refractivity (Wildman–Crippen MR) is 82.1 cm³/mol. The molecule has 0 saturated carbocycles. The number of nitrogens with zero attached hydrogens (tertiary/aromatic N) is 2. The number of carbonyl (C=O) groups excluding carboxylic acids is 1. The fourth-order valence-corrected chi connectivity index (χ4v) is 2.62. The van der Waals surface area contributed by atoms with Gasteiger partial charge < -0.3 is 10.1 Å². The third-order valence-electron chi connectivity index (χ3n) is 3.96. The molecular weight excluding hydrogens is 266 g/mol. The predicted octanol–water partition coefficient (Wildman–Crippen LogP) is 1.83. The Morgan fingerprint density at radius 1 is 1.52 bits per heavy atom. The summed E-state index contributed by atoms with van der Waals surface area (Å²) in [5, 5.41) is 3.54. The second-order valence-corrected chi connectivity index (χ2v) is 5.85. The largest absolute Gasteiger partial charge is 0.465 e. The zero-order chi connectivity index (χ0) is 15.2. The van der Waals surface area contributed by atoms with Crippen LogP contribution in [0.15, 0.2) is 18.3 Å². The fraction of sp³-hybridized carbons (Fsp3) is 0.625. The molecule has 0 amide bonds. The average molecular weight is 291 g/mol. The van der Waals surface area contributed by atoms with Gasteiger partial charge in [0, 0.05) is 31.4 Å². The van der Waals surface area contributed by atoms with Crippen molar-refractivity contribution < 1.29 is 9.53 Å². The summed E-state index contributed by atoms with van der Waals surface area (Å²) >= 11 is 0. The van der Waals surface area contributed by atoms with E-state index in [9.17, 15) is 4.79 Å². The minimum Gasteiger partial charge on any atom is -0.465 e. The van der Waals surface area contributed by atoms with Crippen LogP contribution < -0.4 is 5.32 Å². The summed E-state index contributed by atoms with van der Waals surface area (Å²) in [5.41, 5.74) is 1.48. The van der Waals surface area contributed by atoms with Crippen LogP contribution in [-0.4, -0.2) is 48.1 Å². The summed E-state index contributed by atoms with van der Waals surface area (Å²) in [6, 6.07) is 4.74. The first-order valence-electron chi connectivity index (χ1n) is 7.61. The quantitative estimate of drug-likeness (QED) is 0.810. The number of methoxy groups -OCH3 is 1. The van der Waals surface area contributed by atoms with Crippen molar-refractivity contribution in [3.8, 4) is 0 Å². The Bertz CT molecular complexity index is 453. The average Bonchev–Trinajstić information content (AvgIpc) is 2.99. The highest BCUT2D eigenvalue weighted by Gasteiger charge is 2.20. The van der Waals surface area contributed by atoms with Gasteiger partial charge in [-0.15, -0.1) is 0 Å². The Morgan fingerprint density at radius 2 is 2.33 bits per heavy atom. The summed E-state index contributed by atoms with van der Waals surface area (Å²) in [7, 11) is 1.38. The van der Waals surface area contributed by atoms with E-state index in [1.165, 1.54) is 20.0 Å². The molecule has 1 aromatic rings. The lowest BCUT2D eigenvalue weighted by atomic mass is 10.1. The first-order chi connectivity index (χ1) is 10.1. The van der Waals surface area contributed by atoms with Gasteiger partial charge in [-0.25, -0.2) is 4.79 Å². The van der Waals surface area contributed by atoms with E-state index in [4.69, 9.17) is 0 Å². The van der Waals surface area contributed by atoms with Gasteiger partial charge in [0.05, 0.1) is 18.4 Å². The molecular formula is C16H25N3O2. The number of carbonyl (C=O) groups is 1. The maximum atomic E-state index is 11.4. The van der Waals surface area contributed by atoms with E-state index in [-0.39, 0.29) is 5.97 Å². The Morgan fingerprint density at radius 3 is 2.86 bits per heavy atom. The van der Waals surface area contributed by atoms with Crippen LogP contribution in [0.2, 0.25) is 0 Å². The number of esters is 1. The van der Waals surface area contributed by atoms with Gasteiger partial charge in [0.25, 0.3) is 0 Å². The fourth-order valence-electron chi connectivity index (χ4n) is 2.62. The van der Waals surface area contributed by atoms with Crippen LogP contribution in [0, 0.1) is 0 Å². The maximum absolute atomic E-state index is 11.4. The normalized spacial score (nSPS) is 18.4. The lowest BCUT2D eigenvalue weighted by Gasteiger charge is -2.29. The maximum Gasteiger partial charge on any atom is 0.339 e. The summed E-state index contributed by atoms with van der Waals surface area (Å²) in [6.07, 6.45) is 4.11. The van der Waals surface area contributed by atoms with E-state index in [2.05, 4.69) is 33.8 Å². The van der Waals surface area contributed by atoms with Crippen molar-refractivity contribution in [1.82, 2.24) is 15.2 Å². The van der Waals surface area contributed by atoms with Crippen LogP contribution in [0.1, 0.15) is 42.7 Å². The van der Waals surface area contributed by atoms with Crippen molar-refractivity contribution in [2.75, 3.05) is 20.2 Å². The monoisotopic (exact) mass is 291 g/mol. The minimum atomic E-state index is -0.343. The van der Waals surface area contributed by atoms with E-state index in [0.29, 0.717) is 17.6 Å². The third kappa shape index (κ3) is 4.51. The van der Waals surface area contributed by atoms with Crippen molar-refractivity contribution >= 4 is 5.97 Å². The molecule has 116 valence electrons. The standard InChI is InChI=1S/C16H25N3O2/c1-12(2)19(10-14-5-4-8-17-14)11-15-7-6-13(9-18-15)16(20)21-3/h6-7,9,12,14,17H,4-5,8,10-11H2,1-3H3. The van der Waals surface area contributed by atoms with Gasteiger partial charge in [0.1, 0.15) is 0 Å². The Balaban J connectivity index is 1.97. The Hall–Kier alpha value is -1.46. The van der Waals surface area contributed by atoms with Gasteiger partial charge in [-0.1, -0.05) is 0 Å². The Labute approximate surface area is 126 Å². The van der Waals surface area contributed by atoms with E-state index in [1.807, 2.05) is 6.07 Å². The molecule has 1 fully saturated rings. The third-order valence-corrected chi connectivity index (χ3v) is 3.96. The van der Waals surface area contributed by atoms with E-state index < -0.39 is 0 Å². The second kappa shape index (κ2) is 7.52. The van der Waals surface area contributed by atoms with Crippen LogP contribution in [0.5, 0.6) is 0 Å². The molecule has 21 heavy (non-hydrogen) atoms. The zero-order valence-corrected chi connectivity index (χ0v) is 13.1. The summed E-state index contributed by atoms with van der Waals surface area (Å²) < 4.78 is 4.69. The first kappa shape index (κ1) is 15.9. The number of nitrogens with one attached hydrogen (secondary N) is 1. The van der Waals surface area contributed by atoms with Gasteiger partial charge in [-0.05, 0) is 45.4 Å². The van der Waals surface area contributed by atoms with Gasteiger partial charge >= 0.3 is 5.97 Å². The molecule has 1 aromatic heterocycles. The van der Waals surface area contributed by atoms with Gasteiger partial charge in [0.2, 0.25) is 0 Å². The summed E-state index contributed by atoms with van der Waals surface area (Å²) in [5.74, 6) is -0.343. The molecule has 1 N–H and O–H groups in total. The molecule has 0 spiro atoms. The van der Waals surface area contributed by atoms with Gasteiger partial charge in [0.15, 0.2) is 0 Å². The van der Waals surface area contributed by atoms with Crippen LogP contribution in [-0.2, 0) is 11.3 Å². The molecule has 1 saturated heterocycles. The molecule has 0 aromatic carbocycles. The highest BCUT2D eigenvalue weighted by Crippen LogP contribution is 2.12. The SMILES string of the molecule is COC(=O)c1ccc(CN(CC2CCCN2)C(C)C)nc1. The molecule has 5 nitrogen and oxygen atoms in total. The number of pyridine rings is 1. The molecule has 2 heterocycles. The van der Waals surface area contributed by atoms with Crippen molar-refractivity contribution in [3.05, 3.63) is 29.6 Å². The summed E-state index contributed by atoms with van der Waals surface area (Å²) in [6.45, 7) is 7.38. The van der Waals surface area contributed by atoms with Crippen LogP contribution >= 0.6 is 0 Å². The molecule has 5 heteroatoms. The highest BCUT2D eigenvalue weighted by atomic mass is 16.5. The van der Waals surface area contributed by atoms with E-state index in [0.717, 1.165) is 25.3 Å². The first-order valence-corrected chi connectivity index (χ1v) is 7.61. The van der Waals surface area contributed by atoms with E-state index in [1.54, 1.807) is 12.3 Å². The van der Waals surface area contributed by atoms with Gasteiger partial charge in [-0.3, -0.25) is 9.88 Å². The molecule has 0 bridgehead atoms. The topological polar surface area (TPSA) is 54.5 Å². The number of ether oxygens (including phenoxy) is 1. The zero-order valence-electron chi connectivity index (χ0n) is 13.1. The van der Waals surface area contributed by atoms with Crippen molar-refractivity contribution in [2.24, 2.45) is 0 Å². The number of hydrogen-bond donors (Lipinski definition) is 1. The number of rotatable bonds is 6. The Kier molecular flexibility index (Phi) is 5.70. The second-order valence-electron chi connectivity index (χ2n) is 5.85. The van der Waals surface area contributed by atoms with Crippen LogP contribution in [0.25, 0.3) is 0 Å². The molecule has 0 aliphatic carbocycles. The van der Waals surface area contributed by atoms with E-state index >= 15 is 0 Å². The molecule has 1 aliphatic heterocycles. The number of hydrogen-bond acceptors (Lipinski definition) is 5. The van der Waals surface area contributed by atoms with Crippen LogP contribution in [0.3, 0.4) is 0 Å². The van der Waals surface area contributed by atoms with Crippen LogP contribution in [0.4, 0.5) is 0 Å². The summed E-state index contributed by atoms with van der Waals surface area (Å²) in [4.78, 5) is 18.2. The molecule has 1 atom stereocenters. The van der Waals surface area contributed by atoms with Gasteiger partial charge in [-0.2, -0.15) is 0 Å². The molecule has 1 aliphatic rings. The molecule has 0 radical (unpaired) electrons. The minimum absolute atomic E-state index is 0.343. The van der Waals surface area contributed by atoms with Crippen molar-refractivity contribution in [2.45, 2.75) is 45.3 Å². The lowest BCUT2D eigenvalue weighted by Crippen LogP contribution is -2.40. The highest BCUT2D eigenvalue weighted by molar-refractivity contribution is 5.88. The number of aromatic nitrogens is 1. The van der Waals surface area contributed by atoms with Crippen molar-refractivity contribution in [3.63, 3.8) is 0 Å². The molecule has 2 rings (SSSR count).